The number of halogens is 4. The second-order valence-electron chi connectivity index (χ2n) is 6.09. The van der Waals surface area contributed by atoms with Crippen molar-refractivity contribution >= 4 is 56.5 Å². The Morgan fingerprint density at radius 1 is 0.759 bits per heavy atom. The van der Waals surface area contributed by atoms with Gasteiger partial charge in [-0.25, -0.2) is 0 Å². The van der Waals surface area contributed by atoms with Crippen LogP contribution in [-0.4, -0.2) is 23.2 Å². The van der Waals surface area contributed by atoms with E-state index in [9.17, 15) is 23.2 Å². The molecule has 3 N–H and O–H groups in total. The number of hydrogen-bond donors (Lipinski definition) is 3. The van der Waals surface area contributed by atoms with Gasteiger partial charge in [0.05, 0.1) is 15.1 Å². The second kappa shape index (κ2) is 7.87. The van der Waals surface area contributed by atoms with Gasteiger partial charge in [0.25, 0.3) is 10.1 Å². The van der Waals surface area contributed by atoms with Crippen molar-refractivity contribution in [3.63, 3.8) is 0 Å². The number of phenolic OH excluding ortho intramolecular Hbond substituents is 2. The number of phenols is 2. The largest absolute Gasteiger partial charge is 0.508 e. The summed E-state index contributed by atoms with van der Waals surface area (Å²) in [5.74, 6) is -0.797. The topological polar surface area (TPSA) is 94.8 Å². The van der Waals surface area contributed by atoms with Crippen LogP contribution in [0.5, 0.6) is 11.5 Å². The number of hydrogen-bond acceptors (Lipinski definition) is 4. The first-order valence-corrected chi connectivity index (χ1v) is 10.8. The van der Waals surface area contributed by atoms with E-state index in [0.29, 0.717) is 0 Å². The summed E-state index contributed by atoms with van der Waals surface area (Å²) in [5.41, 5.74) is -0.601. The summed E-state index contributed by atoms with van der Waals surface area (Å²) in [6.45, 7) is 0. The quantitative estimate of drug-likeness (QED) is 0.239. The number of aromatic hydroxyl groups is 2. The van der Waals surface area contributed by atoms with Crippen LogP contribution >= 0.6 is 46.4 Å². The third-order valence-corrected chi connectivity index (χ3v) is 7.33. The summed E-state index contributed by atoms with van der Waals surface area (Å²) in [5, 5.41) is 20.2. The summed E-state index contributed by atoms with van der Waals surface area (Å²) < 4.78 is 33.9. The van der Waals surface area contributed by atoms with Crippen molar-refractivity contribution in [2.45, 2.75) is 4.75 Å². The Hall–Kier alpha value is -1.67. The lowest BCUT2D eigenvalue weighted by Crippen LogP contribution is -2.38. The minimum Gasteiger partial charge on any atom is -0.508 e. The molecule has 0 saturated carbocycles. The predicted octanol–water partition coefficient (Wildman–Crippen LogP) is 5.89. The maximum Gasteiger partial charge on any atom is 0.283 e. The first-order valence-electron chi connectivity index (χ1n) is 7.89. The molecule has 0 aliphatic carbocycles. The molecule has 0 spiro atoms. The fourth-order valence-electron chi connectivity index (χ4n) is 3.23. The molecule has 1 unspecified atom stereocenters. The highest BCUT2D eigenvalue weighted by Gasteiger charge is 2.51. The Balaban J connectivity index is 2.63. The number of benzene rings is 3. The van der Waals surface area contributed by atoms with Gasteiger partial charge in [0.1, 0.15) is 11.5 Å². The smallest absolute Gasteiger partial charge is 0.283 e. The highest BCUT2D eigenvalue weighted by atomic mass is 35.5. The Bertz CT molecular complexity index is 1170. The predicted molar refractivity (Wildman–Crippen MR) is 114 cm³/mol. The molecule has 29 heavy (non-hydrogen) atoms. The summed E-state index contributed by atoms with van der Waals surface area (Å²) >= 11 is 24.5. The van der Waals surface area contributed by atoms with Crippen LogP contribution in [0.2, 0.25) is 20.1 Å². The summed E-state index contributed by atoms with van der Waals surface area (Å²) in [4.78, 5) is 0. The summed E-state index contributed by atoms with van der Waals surface area (Å²) in [6.07, 6.45) is 0. The lowest BCUT2D eigenvalue weighted by atomic mass is 9.83. The fourth-order valence-corrected chi connectivity index (χ4v) is 5.50. The maximum atomic E-state index is 13.0. The molecule has 3 aromatic rings. The zero-order chi connectivity index (χ0) is 21.6. The zero-order valence-corrected chi connectivity index (χ0v) is 18.1. The van der Waals surface area contributed by atoms with Crippen molar-refractivity contribution in [1.82, 2.24) is 0 Å². The van der Waals surface area contributed by atoms with Crippen LogP contribution in [-0.2, 0) is 14.9 Å². The summed E-state index contributed by atoms with van der Waals surface area (Å²) in [6, 6.07) is 11.5. The molecule has 3 rings (SSSR count). The van der Waals surface area contributed by atoms with Crippen LogP contribution in [0.3, 0.4) is 0 Å². The van der Waals surface area contributed by atoms with Crippen LogP contribution in [0.4, 0.5) is 0 Å². The van der Waals surface area contributed by atoms with E-state index in [1.165, 1.54) is 48.5 Å². The van der Waals surface area contributed by atoms with E-state index in [-0.39, 0.29) is 42.5 Å². The molecule has 0 aliphatic rings. The Labute approximate surface area is 186 Å². The zero-order valence-electron chi connectivity index (χ0n) is 14.3. The third-order valence-electron chi connectivity index (χ3n) is 4.37. The van der Waals surface area contributed by atoms with Crippen LogP contribution in [0.1, 0.15) is 16.7 Å². The molecule has 0 amide bonds. The SMILES string of the molecule is O=S(=O)(O)C(c1cccc(O)c1)(c1cc(Cl)c(Cl)c(Cl)c1)c1c(O)cccc1Cl. The molecule has 10 heteroatoms. The molecule has 0 aliphatic heterocycles. The van der Waals surface area contributed by atoms with Gasteiger partial charge >= 0.3 is 0 Å². The molecule has 0 fully saturated rings. The molecule has 0 heterocycles. The third kappa shape index (κ3) is 3.65. The highest BCUT2D eigenvalue weighted by Crippen LogP contribution is 2.51. The molecule has 0 radical (unpaired) electrons. The van der Waals surface area contributed by atoms with Crippen molar-refractivity contribution in [2.24, 2.45) is 0 Å². The Morgan fingerprint density at radius 2 is 1.34 bits per heavy atom. The van der Waals surface area contributed by atoms with Gasteiger partial charge in [0.15, 0.2) is 4.75 Å². The molecule has 3 aromatic carbocycles. The lowest BCUT2D eigenvalue weighted by Gasteiger charge is -2.34. The van der Waals surface area contributed by atoms with Gasteiger partial charge in [-0.15, -0.1) is 0 Å². The molecule has 0 saturated heterocycles. The average Bonchev–Trinajstić information content (AvgIpc) is 2.61. The van der Waals surface area contributed by atoms with Crippen molar-refractivity contribution in [3.05, 3.63) is 91.4 Å². The average molecular weight is 494 g/mol. The van der Waals surface area contributed by atoms with Gasteiger partial charge in [-0.3, -0.25) is 4.55 Å². The van der Waals surface area contributed by atoms with Crippen LogP contribution < -0.4 is 0 Å². The molecule has 0 bridgehead atoms. The fraction of sp³-hybridized carbons (Fsp3) is 0.0526. The van der Waals surface area contributed by atoms with Crippen molar-refractivity contribution in [2.75, 3.05) is 0 Å². The van der Waals surface area contributed by atoms with E-state index in [1.54, 1.807) is 0 Å². The van der Waals surface area contributed by atoms with Crippen LogP contribution in [0.15, 0.2) is 54.6 Å². The standard InChI is InChI=1S/C19H12Cl4O5S/c20-13-5-2-6-16(25)17(13)19(29(26,27)28,10-3-1-4-12(24)7-10)11-8-14(21)18(23)15(22)9-11/h1-9,24-25H,(H,26,27,28). The van der Waals surface area contributed by atoms with Crippen LogP contribution in [0, 0.1) is 0 Å². The molecular weight excluding hydrogens is 482 g/mol. The molecular formula is C19H12Cl4O5S. The first-order chi connectivity index (χ1) is 13.5. The Morgan fingerprint density at radius 3 is 1.86 bits per heavy atom. The highest BCUT2D eigenvalue weighted by molar-refractivity contribution is 7.87. The van der Waals surface area contributed by atoms with E-state index >= 15 is 0 Å². The monoisotopic (exact) mass is 492 g/mol. The van der Waals surface area contributed by atoms with Gasteiger partial charge < -0.3 is 10.2 Å². The van der Waals surface area contributed by atoms with Crippen molar-refractivity contribution in [1.29, 1.82) is 0 Å². The second-order valence-corrected chi connectivity index (χ2v) is 9.26. The summed E-state index contributed by atoms with van der Waals surface area (Å²) in [7, 11) is -5.11. The van der Waals surface area contributed by atoms with E-state index in [0.717, 1.165) is 6.07 Å². The van der Waals surface area contributed by atoms with Crippen molar-refractivity contribution < 1.29 is 23.2 Å². The molecule has 0 aromatic heterocycles. The van der Waals surface area contributed by atoms with E-state index in [2.05, 4.69) is 0 Å². The maximum absolute atomic E-state index is 13.0. The van der Waals surface area contributed by atoms with E-state index in [4.69, 9.17) is 46.4 Å². The van der Waals surface area contributed by atoms with Crippen LogP contribution in [0.25, 0.3) is 0 Å². The van der Waals surface area contributed by atoms with Gasteiger partial charge in [-0.2, -0.15) is 8.42 Å². The van der Waals surface area contributed by atoms with Gasteiger partial charge in [-0.05, 0) is 47.5 Å². The lowest BCUT2D eigenvalue weighted by molar-refractivity contribution is 0.439. The van der Waals surface area contributed by atoms with Gasteiger partial charge in [0.2, 0.25) is 0 Å². The van der Waals surface area contributed by atoms with Crippen molar-refractivity contribution in [3.8, 4) is 11.5 Å². The molecule has 1 atom stereocenters. The number of rotatable bonds is 4. The first kappa shape index (κ1) is 22.0. The van der Waals surface area contributed by atoms with E-state index < -0.39 is 20.6 Å². The normalized spacial score (nSPS) is 13.8. The molecule has 152 valence electrons. The van der Waals surface area contributed by atoms with E-state index in [1.807, 2.05) is 0 Å². The Kier molecular flexibility index (Phi) is 5.98. The minimum atomic E-state index is -5.11. The molecule has 5 nitrogen and oxygen atoms in total. The minimum absolute atomic E-state index is 0.0272. The van der Waals surface area contributed by atoms with Gasteiger partial charge in [-0.1, -0.05) is 64.6 Å². The van der Waals surface area contributed by atoms with Gasteiger partial charge in [0, 0.05) is 10.6 Å².